The smallest absolute Gasteiger partial charge is 0.230 e. The second kappa shape index (κ2) is 4.81. The normalized spacial score (nSPS) is 10.4. The first-order valence-electron chi connectivity index (χ1n) is 5.56. The second-order valence-electron chi connectivity index (χ2n) is 4.02. The second-order valence-corrected chi connectivity index (χ2v) is 4.39. The fourth-order valence-corrected chi connectivity index (χ4v) is 2.20. The number of carbonyl (C=O) groups excluding carboxylic acids is 2. The van der Waals surface area contributed by atoms with E-state index >= 15 is 0 Å². The molecule has 0 spiro atoms. The molecule has 0 bridgehead atoms. The van der Waals surface area contributed by atoms with Crippen LogP contribution in [0.4, 0.5) is 11.4 Å². The summed E-state index contributed by atoms with van der Waals surface area (Å²) < 4.78 is 5.46. The number of hydrogen-bond acceptors (Lipinski definition) is 5. The van der Waals surface area contributed by atoms with Crippen molar-refractivity contribution in [2.45, 2.75) is 13.8 Å². The highest BCUT2D eigenvalue weighted by Gasteiger charge is 2.23. The molecule has 0 unspecified atom stereocenters. The molecule has 19 heavy (non-hydrogen) atoms. The Morgan fingerprint density at radius 1 is 1.21 bits per heavy atom. The molecule has 2 amide bonds. The van der Waals surface area contributed by atoms with Crippen molar-refractivity contribution in [1.29, 1.82) is 0 Å². The summed E-state index contributed by atoms with van der Waals surface area (Å²) in [5.74, 6) is -0.924. The molecule has 0 aliphatic rings. The first kappa shape index (κ1) is 13.2. The summed E-state index contributed by atoms with van der Waals surface area (Å²) in [5.41, 5.74) is 6.93. The van der Waals surface area contributed by atoms with E-state index in [9.17, 15) is 9.59 Å². The number of rotatable bonds is 1. The Kier molecular flexibility index (Phi) is 3.35. The molecule has 98 valence electrons. The average Bonchev–Trinajstić information content (AvgIpc) is 2.33. The van der Waals surface area contributed by atoms with E-state index < -0.39 is 11.8 Å². The number of para-hydroxylation sites is 1. The highest BCUT2D eigenvalue weighted by Crippen LogP contribution is 2.33. The minimum absolute atomic E-state index is 0.0154. The van der Waals surface area contributed by atoms with Crippen LogP contribution in [0.3, 0.4) is 0 Å². The van der Waals surface area contributed by atoms with Crippen LogP contribution in [0.1, 0.15) is 13.8 Å². The minimum Gasteiger partial charge on any atom is -0.443 e. The van der Waals surface area contributed by atoms with E-state index in [0.29, 0.717) is 11.0 Å². The number of amides is 2. The van der Waals surface area contributed by atoms with Crippen molar-refractivity contribution in [2.75, 3.05) is 10.6 Å². The number of nitrogens with zero attached hydrogens (tertiary/aromatic N) is 1. The van der Waals surface area contributed by atoms with Gasteiger partial charge in [-0.15, -0.1) is 0 Å². The molecule has 5 nitrogen and oxygen atoms in total. The van der Waals surface area contributed by atoms with Gasteiger partial charge in [0.1, 0.15) is 11.3 Å². The van der Waals surface area contributed by atoms with Gasteiger partial charge in [0.2, 0.25) is 16.5 Å². The van der Waals surface area contributed by atoms with E-state index in [-0.39, 0.29) is 16.1 Å². The van der Waals surface area contributed by atoms with E-state index in [0.717, 1.165) is 4.90 Å². The SMILES string of the molecule is CC(=O)N(C(C)=O)c1c(N)c2ccccc2oc1=S. The molecule has 0 saturated heterocycles. The summed E-state index contributed by atoms with van der Waals surface area (Å²) in [5, 5.41) is 0.610. The zero-order valence-corrected chi connectivity index (χ0v) is 11.3. The number of fused-ring (bicyclic) bond motifs is 1. The third kappa shape index (κ3) is 2.22. The van der Waals surface area contributed by atoms with Crippen LogP contribution in [0, 0.1) is 4.71 Å². The predicted octanol–water partition coefficient (Wildman–Crippen LogP) is 2.64. The summed E-state index contributed by atoms with van der Waals surface area (Å²) in [4.78, 5) is 24.1. The Hall–Kier alpha value is -2.21. The van der Waals surface area contributed by atoms with Crippen LogP contribution < -0.4 is 10.6 Å². The molecule has 0 aliphatic carbocycles. The van der Waals surface area contributed by atoms with Gasteiger partial charge in [0.15, 0.2) is 0 Å². The molecule has 0 atom stereocenters. The Balaban J connectivity index is 2.83. The lowest BCUT2D eigenvalue weighted by molar-refractivity contribution is -0.124. The van der Waals surface area contributed by atoms with Crippen LogP contribution in [0.2, 0.25) is 0 Å². The largest absolute Gasteiger partial charge is 0.443 e. The van der Waals surface area contributed by atoms with Crippen LogP contribution in [0.25, 0.3) is 11.0 Å². The minimum atomic E-state index is -0.462. The topological polar surface area (TPSA) is 76.5 Å². The molecule has 0 radical (unpaired) electrons. The van der Waals surface area contributed by atoms with Crippen molar-refractivity contribution in [2.24, 2.45) is 0 Å². The lowest BCUT2D eigenvalue weighted by Gasteiger charge is -2.19. The first-order valence-corrected chi connectivity index (χ1v) is 5.97. The van der Waals surface area contributed by atoms with Gasteiger partial charge in [0.25, 0.3) is 0 Å². The number of nitrogen functional groups attached to an aromatic ring is 1. The van der Waals surface area contributed by atoms with E-state index in [1.165, 1.54) is 13.8 Å². The number of carbonyl (C=O) groups is 2. The van der Waals surface area contributed by atoms with E-state index in [1.54, 1.807) is 24.3 Å². The van der Waals surface area contributed by atoms with Crippen LogP contribution in [-0.4, -0.2) is 11.8 Å². The molecule has 1 aromatic carbocycles. The van der Waals surface area contributed by atoms with Crippen LogP contribution in [-0.2, 0) is 9.59 Å². The number of benzene rings is 1. The van der Waals surface area contributed by atoms with Crippen LogP contribution >= 0.6 is 12.2 Å². The Morgan fingerprint density at radius 3 is 2.37 bits per heavy atom. The molecule has 1 aromatic heterocycles. The van der Waals surface area contributed by atoms with Gasteiger partial charge in [-0.25, -0.2) is 4.90 Å². The van der Waals surface area contributed by atoms with Crippen LogP contribution in [0.15, 0.2) is 28.7 Å². The fourth-order valence-electron chi connectivity index (χ4n) is 1.91. The summed E-state index contributed by atoms with van der Waals surface area (Å²) in [6.07, 6.45) is 0. The van der Waals surface area contributed by atoms with E-state index in [1.807, 2.05) is 0 Å². The molecule has 6 heteroatoms. The summed E-state index contributed by atoms with van der Waals surface area (Å²) >= 11 is 5.09. The molecule has 1 heterocycles. The van der Waals surface area contributed by atoms with Gasteiger partial charge in [0, 0.05) is 19.2 Å². The summed E-state index contributed by atoms with van der Waals surface area (Å²) in [6, 6.07) is 7.03. The van der Waals surface area contributed by atoms with Gasteiger partial charge in [-0.3, -0.25) is 9.59 Å². The van der Waals surface area contributed by atoms with Gasteiger partial charge in [-0.05, 0) is 24.4 Å². The molecular formula is C13H12N2O3S. The molecule has 0 fully saturated rings. The molecule has 2 rings (SSSR count). The van der Waals surface area contributed by atoms with Crippen molar-refractivity contribution < 1.29 is 14.0 Å². The number of anilines is 2. The number of imide groups is 1. The maximum absolute atomic E-state index is 11.6. The zero-order valence-electron chi connectivity index (χ0n) is 10.5. The number of hydrogen-bond donors (Lipinski definition) is 1. The maximum atomic E-state index is 11.6. The van der Waals surface area contributed by atoms with Crippen molar-refractivity contribution in [3.05, 3.63) is 29.0 Å². The highest BCUT2D eigenvalue weighted by atomic mass is 32.1. The van der Waals surface area contributed by atoms with Gasteiger partial charge in [-0.1, -0.05) is 12.1 Å². The summed E-state index contributed by atoms with van der Waals surface area (Å²) in [6.45, 7) is 2.54. The Bertz CT molecular complexity index is 722. The third-order valence-electron chi connectivity index (χ3n) is 2.68. The van der Waals surface area contributed by atoms with E-state index in [4.69, 9.17) is 22.4 Å². The third-order valence-corrected chi connectivity index (χ3v) is 2.96. The average molecular weight is 276 g/mol. The molecule has 2 N–H and O–H groups in total. The molecule has 0 aliphatic heterocycles. The van der Waals surface area contributed by atoms with Crippen molar-refractivity contribution >= 4 is 46.4 Å². The van der Waals surface area contributed by atoms with Gasteiger partial charge >= 0.3 is 0 Å². The van der Waals surface area contributed by atoms with E-state index in [2.05, 4.69) is 0 Å². The Labute approximate surface area is 114 Å². The molecular weight excluding hydrogens is 264 g/mol. The van der Waals surface area contributed by atoms with Gasteiger partial charge in [-0.2, -0.15) is 0 Å². The summed E-state index contributed by atoms with van der Waals surface area (Å²) in [7, 11) is 0. The lowest BCUT2D eigenvalue weighted by atomic mass is 10.2. The zero-order chi connectivity index (χ0) is 14.2. The van der Waals surface area contributed by atoms with Gasteiger partial charge in [0.05, 0.1) is 5.69 Å². The highest BCUT2D eigenvalue weighted by molar-refractivity contribution is 7.71. The van der Waals surface area contributed by atoms with Crippen molar-refractivity contribution in [1.82, 2.24) is 0 Å². The van der Waals surface area contributed by atoms with Crippen LogP contribution in [0.5, 0.6) is 0 Å². The predicted molar refractivity (Wildman–Crippen MR) is 75.3 cm³/mol. The van der Waals surface area contributed by atoms with Crippen molar-refractivity contribution in [3.8, 4) is 0 Å². The maximum Gasteiger partial charge on any atom is 0.230 e. The lowest BCUT2D eigenvalue weighted by Crippen LogP contribution is -2.34. The fraction of sp³-hybridized carbons (Fsp3) is 0.154. The number of nitrogens with two attached hydrogens (primary N) is 1. The van der Waals surface area contributed by atoms with Crippen molar-refractivity contribution in [3.63, 3.8) is 0 Å². The monoisotopic (exact) mass is 276 g/mol. The van der Waals surface area contributed by atoms with Gasteiger partial charge < -0.3 is 10.2 Å². The molecule has 0 saturated carbocycles. The first-order chi connectivity index (χ1) is 8.93. The quantitative estimate of drug-likeness (QED) is 0.810. The standard InChI is InChI=1S/C13H12N2O3S/c1-7(16)15(8(2)17)12-11(14)9-5-3-4-6-10(9)18-13(12)19/h3-6H,14H2,1-2H3. The molecule has 2 aromatic rings. The Morgan fingerprint density at radius 2 is 1.79 bits per heavy atom.